The summed E-state index contributed by atoms with van der Waals surface area (Å²) in [6, 6.07) is 9.19. The molecule has 162 valence electrons. The number of non-ortho nitro benzene ring substituents is 1. The Kier molecular flexibility index (Phi) is 5.62. The zero-order chi connectivity index (χ0) is 22.2. The Morgan fingerprint density at radius 1 is 1.32 bits per heavy atom. The third-order valence-corrected chi connectivity index (χ3v) is 6.11. The van der Waals surface area contributed by atoms with Crippen LogP contribution in [0.4, 0.5) is 5.69 Å². The van der Waals surface area contributed by atoms with E-state index in [-0.39, 0.29) is 29.2 Å². The number of aromatic nitrogens is 2. The predicted octanol–water partition coefficient (Wildman–Crippen LogP) is 4.38. The van der Waals surface area contributed by atoms with E-state index < -0.39 is 5.41 Å². The van der Waals surface area contributed by atoms with Crippen LogP contribution in [0, 0.1) is 15.5 Å². The first kappa shape index (κ1) is 21.2. The molecule has 0 radical (unpaired) electrons. The molecular formula is C22H24N4O4S. The van der Waals surface area contributed by atoms with E-state index in [4.69, 9.17) is 4.74 Å². The van der Waals surface area contributed by atoms with Crippen molar-refractivity contribution in [2.45, 2.75) is 33.4 Å². The van der Waals surface area contributed by atoms with Gasteiger partial charge in [-0.25, -0.2) is 0 Å². The monoisotopic (exact) mass is 440 g/mol. The fourth-order valence-electron chi connectivity index (χ4n) is 3.36. The van der Waals surface area contributed by atoms with Crippen LogP contribution >= 0.6 is 11.8 Å². The van der Waals surface area contributed by atoms with Gasteiger partial charge in [-0.3, -0.25) is 19.9 Å². The molecule has 1 N–H and O–H groups in total. The number of thioether (sulfide) groups is 1. The molecule has 4 rings (SSSR count). The fourth-order valence-corrected chi connectivity index (χ4v) is 4.37. The number of esters is 1. The number of hydrogen-bond acceptors (Lipinski definition) is 6. The van der Waals surface area contributed by atoms with Crippen LogP contribution in [0.1, 0.15) is 32.0 Å². The van der Waals surface area contributed by atoms with Crippen molar-refractivity contribution in [3.63, 3.8) is 0 Å². The van der Waals surface area contributed by atoms with Crippen LogP contribution in [-0.4, -0.2) is 43.9 Å². The minimum atomic E-state index is -0.549. The number of carbonyl (C=O) groups is 1. The van der Waals surface area contributed by atoms with Gasteiger partial charge in [-0.05, 0) is 50.6 Å². The third kappa shape index (κ3) is 4.66. The summed E-state index contributed by atoms with van der Waals surface area (Å²) in [5.74, 6) is 0.445. The maximum absolute atomic E-state index is 12.0. The largest absolute Gasteiger partial charge is 0.463 e. The SMILES string of the molecule is CC(C)(C)C(=O)OC[C@@H]1CSC(c2cc3cc(Cn4cccc4)cc([N+](=O)[O-])c3[nH]2)=N1. The normalized spacial score (nSPS) is 16.5. The molecule has 8 nitrogen and oxygen atoms in total. The Morgan fingerprint density at radius 2 is 2.06 bits per heavy atom. The summed E-state index contributed by atoms with van der Waals surface area (Å²) in [5.41, 5.74) is 1.58. The van der Waals surface area contributed by atoms with Crippen molar-refractivity contribution in [2.24, 2.45) is 10.4 Å². The smallest absolute Gasteiger partial charge is 0.311 e. The highest BCUT2D eigenvalue weighted by Crippen LogP contribution is 2.31. The second-order valence-corrected chi connectivity index (χ2v) is 9.63. The highest BCUT2D eigenvalue weighted by Gasteiger charge is 2.27. The van der Waals surface area contributed by atoms with E-state index in [0.29, 0.717) is 17.8 Å². The van der Waals surface area contributed by atoms with E-state index in [2.05, 4.69) is 9.98 Å². The zero-order valence-corrected chi connectivity index (χ0v) is 18.4. The number of carbonyl (C=O) groups excluding carboxylic acids is 1. The number of nitro benzene ring substituents is 1. The van der Waals surface area contributed by atoms with E-state index in [1.54, 1.807) is 17.8 Å². The average Bonchev–Trinajstić information content (AvgIpc) is 3.44. The molecule has 1 aliphatic rings. The third-order valence-electron chi connectivity index (χ3n) is 4.96. The number of nitro groups is 1. The highest BCUT2D eigenvalue weighted by atomic mass is 32.2. The number of rotatable bonds is 6. The summed E-state index contributed by atoms with van der Waals surface area (Å²) in [5, 5.41) is 13.2. The Morgan fingerprint density at radius 3 is 2.74 bits per heavy atom. The highest BCUT2D eigenvalue weighted by molar-refractivity contribution is 8.14. The molecular weight excluding hydrogens is 416 g/mol. The van der Waals surface area contributed by atoms with Gasteiger partial charge in [0.15, 0.2) is 0 Å². The van der Waals surface area contributed by atoms with Gasteiger partial charge in [0.25, 0.3) is 5.69 Å². The number of aromatic amines is 1. The molecule has 1 aliphatic heterocycles. The minimum Gasteiger partial charge on any atom is -0.463 e. The summed E-state index contributed by atoms with van der Waals surface area (Å²) in [7, 11) is 0. The first-order valence-electron chi connectivity index (χ1n) is 10.00. The molecule has 1 atom stereocenters. The van der Waals surface area contributed by atoms with Crippen molar-refractivity contribution >= 4 is 39.4 Å². The van der Waals surface area contributed by atoms with E-state index in [1.165, 1.54) is 0 Å². The van der Waals surface area contributed by atoms with Gasteiger partial charge in [0.2, 0.25) is 0 Å². The molecule has 3 aromatic rings. The van der Waals surface area contributed by atoms with Crippen LogP contribution in [-0.2, 0) is 16.1 Å². The number of ether oxygens (including phenoxy) is 1. The number of benzene rings is 1. The van der Waals surface area contributed by atoms with Gasteiger partial charge >= 0.3 is 5.97 Å². The van der Waals surface area contributed by atoms with Gasteiger partial charge in [0.1, 0.15) is 17.2 Å². The number of H-pyrrole nitrogens is 1. The summed E-state index contributed by atoms with van der Waals surface area (Å²) in [6.07, 6.45) is 3.85. The van der Waals surface area contributed by atoms with Gasteiger partial charge in [0, 0.05) is 36.1 Å². The van der Waals surface area contributed by atoms with Crippen molar-refractivity contribution < 1.29 is 14.5 Å². The molecule has 0 amide bonds. The second-order valence-electron chi connectivity index (χ2n) is 8.62. The summed E-state index contributed by atoms with van der Waals surface area (Å²) in [6.45, 7) is 6.23. The first-order valence-corrected chi connectivity index (χ1v) is 11.0. The molecule has 0 saturated heterocycles. The molecule has 0 unspecified atom stereocenters. The van der Waals surface area contributed by atoms with Crippen molar-refractivity contribution in [2.75, 3.05) is 12.4 Å². The molecule has 0 bridgehead atoms. The Bertz CT molecular complexity index is 1160. The lowest BCUT2D eigenvalue weighted by Gasteiger charge is -2.17. The Hall–Kier alpha value is -3.07. The second kappa shape index (κ2) is 8.22. The summed E-state index contributed by atoms with van der Waals surface area (Å²) in [4.78, 5) is 31.1. The van der Waals surface area contributed by atoms with Gasteiger partial charge in [-0.2, -0.15) is 0 Å². The van der Waals surface area contributed by atoms with E-state index in [0.717, 1.165) is 21.7 Å². The molecule has 31 heavy (non-hydrogen) atoms. The molecule has 0 fully saturated rings. The minimum absolute atomic E-state index is 0.0464. The lowest BCUT2D eigenvalue weighted by molar-refractivity contribution is -0.383. The standard InChI is InChI=1S/C22H24N4O4S/c1-22(2,3)21(27)30-12-16-13-31-20(23-16)17-10-15-8-14(11-25-6-4-5-7-25)9-18(26(28)29)19(15)24-17/h4-10,16,24H,11-13H2,1-3H3/t16-/m1/s1. The van der Waals surface area contributed by atoms with Gasteiger partial charge in [0.05, 0.1) is 22.1 Å². The predicted molar refractivity (Wildman–Crippen MR) is 122 cm³/mol. The Labute approximate surface area is 183 Å². The van der Waals surface area contributed by atoms with Gasteiger partial charge < -0.3 is 14.3 Å². The molecule has 3 heterocycles. The number of hydrogen-bond donors (Lipinski definition) is 1. The lowest BCUT2D eigenvalue weighted by Crippen LogP contribution is -2.26. The lowest BCUT2D eigenvalue weighted by atomic mass is 9.97. The first-order chi connectivity index (χ1) is 14.7. The number of nitrogens with zero attached hydrogens (tertiary/aromatic N) is 3. The van der Waals surface area contributed by atoms with Gasteiger partial charge in [-0.15, -0.1) is 11.8 Å². The zero-order valence-electron chi connectivity index (χ0n) is 17.6. The van der Waals surface area contributed by atoms with Crippen molar-refractivity contribution in [1.82, 2.24) is 9.55 Å². The molecule has 0 spiro atoms. The van der Waals surface area contributed by atoms with E-state index in [1.807, 2.05) is 62.0 Å². The van der Waals surface area contributed by atoms with Crippen LogP contribution in [0.25, 0.3) is 10.9 Å². The summed E-state index contributed by atoms with van der Waals surface area (Å²) >= 11 is 1.55. The van der Waals surface area contributed by atoms with Crippen molar-refractivity contribution in [3.8, 4) is 0 Å². The molecule has 0 aliphatic carbocycles. The fraction of sp³-hybridized carbons (Fsp3) is 0.364. The van der Waals surface area contributed by atoms with Crippen LogP contribution in [0.3, 0.4) is 0 Å². The Balaban J connectivity index is 1.58. The van der Waals surface area contributed by atoms with E-state index in [9.17, 15) is 14.9 Å². The maximum atomic E-state index is 12.0. The van der Waals surface area contributed by atoms with Crippen LogP contribution in [0.15, 0.2) is 47.7 Å². The molecule has 2 aromatic heterocycles. The maximum Gasteiger partial charge on any atom is 0.311 e. The van der Waals surface area contributed by atoms with Crippen molar-refractivity contribution in [1.29, 1.82) is 0 Å². The number of nitrogens with one attached hydrogen (secondary N) is 1. The topological polar surface area (TPSA) is 103 Å². The average molecular weight is 441 g/mol. The van der Waals surface area contributed by atoms with E-state index >= 15 is 0 Å². The number of fused-ring (bicyclic) bond motifs is 1. The quantitative estimate of drug-likeness (QED) is 0.348. The van der Waals surface area contributed by atoms with Crippen LogP contribution in [0.5, 0.6) is 0 Å². The van der Waals surface area contributed by atoms with Crippen LogP contribution < -0.4 is 0 Å². The van der Waals surface area contributed by atoms with Gasteiger partial charge in [-0.1, -0.05) is 0 Å². The van der Waals surface area contributed by atoms with Crippen molar-refractivity contribution in [3.05, 3.63) is 64.1 Å². The van der Waals surface area contributed by atoms with Crippen LogP contribution in [0.2, 0.25) is 0 Å². The summed E-state index contributed by atoms with van der Waals surface area (Å²) < 4.78 is 7.36. The molecule has 0 saturated carbocycles. The number of aliphatic imine (C=N–C) groups is 1. The molecule has 9 heteroatoms. The molecule has 1 aromatic carbocycles.